The first-order valence-electron chi connectivity index (χ1n) is 7.43. The molecule has 0 radical (unpaired) electrons. The Hall–Kier alpha value is -3.00. The molecule has 6 nitrogen and oxygen atoms in total. The minimum Gasteiger partial charge on any atom is -0.433 e. The molecule has 0 aliphatic rings. The van der Waals surface area contributed by atoms with Gasteiger partial charge in [-0.3, -0.25) is 14.3 Å². The molecule has 0 saturated carbocycles. The summed E-state index contributed by atoms with van der Waals surface area (Å²) in [6, 6.07) is 10.7. The van der Waals surface area contributed by atoms with E-state index < -0.39 is 12.5 Å². The van der Waals surface area contributed by atoms with E-state index in [0.29, 0.717) is 16.6 Å². The lowest BCUT2D eigenvalue weighted by atomic mass is 10.2. The summed E-state index contributed by atoms with van der Waals surface area (Å²) in [6.45, 7) is -3.14. The molecule has 3 rings (SSSR count). The Kier molecular flexibility index (Phi) is 5.13. The smallest absolute Gasteiger partial charge is 0.387 e. The van der Waals surface area contributed by atoms with Gasteiger partial charge in [-0.2, -0.15) is 13.9 Å². The van der Waals surface area contributed by atoms with E-state index in [1.165, 1.54) is 22.9 Å². The van der Waals surface area contributed by atoms with Crippen molar-refractivity contribution in [2.75, 3.05) is 5.32 Å². The molecule has 0 aliphatic carbocycles. The largest absolute Gasteiger partial charge is 0.433 e. The number of amides is 1. The quantitative estimate of drug-likeness (QED) is 0.738. The lowest BCUT2D eigenvalue weighted by Crippen LogP contribution is -2.22. The summed E-state index contributed by atoms with van der Waals surface area (Å²) in [7, 11) is 0. The summed E-state index contributed by atoms with van der Waals surface area (Å²) in [5.41, 5.74) is 0.597. The molecular formula is C17H12ClF2N3O3. The Bertz CT molecular complexity index is 1020. The van der Waals surface area contributed by atoms with Gasteiger partial charge in [-0.25, -0.2) is 0 Å². The van der Waals surface area contributed by atoms with Gasteiger partial charge in [0.05, 0.1) is 16.7 Å². The van der Waals surface area contributed by atoms with E-state index in [1.54, 1.807) is 24.3 Å². The minimum atomic E-state index is -2.99. The maximum atomic E-state index is 12.2. The van der Waals surface area contributed by atoms with Crippen molar-refractivity contribution < 1.29 is 18.3 Å². The molecule has 134 valence electrons. The molecule has 1 N–H and O–H groups in total. The Morgan fingerprint density at radius 1 is 1.27 bits per heavy atom. The van der Waals surface area contributed by atoms with E-state index in [2.05, 4.69) is 15.2 Å². The zero-order chi connectivity index (χ0) is 18.7. The number of anilines is 1. The van der Waals surface area contributed by atoms with Crippen LogP contribution in [0.15, 0.2) is 53.5 Å². The van der Waals surface area contributed by atoms with Crippen molar-refractivity contribution in [3.8, 4) is 5.75 Å². The summed E-state index contributed by atoms with van der Waals surface area (Å²) in [6.07, 6.45) is 1.14. The van der Waals surface area contributed by atoms with Gasteiger partial charge in [0, 0.05) is 11.1 Å². The van der Waals surface area contributed by atoms with E-state index in [1.807, 2.05) is 0 Å². The van der Waals surface area contributed by atoms with Crippen LogP contribution in [0.25, 0.3) is 10.9 Å². The van der Waals surface area contributed by atoms with Gasteiger partial charge in [-0.1, -0.05) is 23.7 Å². The second-order valence-electron chi connectivity index (χ2n) is 5.26. The molecule has 2 aromatic carbocycles. The molecule has 0 unspecified atom stereocenters. The highest BCUT2D eigenvalue weighted by molar-refractivity contribution is 6.32. The molecule has 3 aromatic rings. The van der Waals surface area contributed by atoms with Crippen LogP contribution in [0.4, 0.5) is 14.5 Å². The summed E-state index contributed by atoms with van der Waals surface area (Å²) in [5.74, 6) is -0.613. The number of ether oxygens (including phenoxy) is 1. The number of nitrogens with zero attached hydrogens (tertiary/aromatic N) is 2. The number of para-hydroxylation sites is 1. The van der Waals surface area contributed by atoms with Gasteiger partial charge >= 0.3 is 6.61 Å². The Morgan fingerprint density at radius 2 is 2.04 bits per heavy atom. The van der Waals surface area contributed by atoms with E-state index in [4.69, 9.17) is 11.6 Å². The Morgan fingerprint density at radius 3 is 2.77 bits per heavy atom. The number of benzene rings is 2. The number of carbonyl (C=O) groups excluding carboxylic acids is 1. The fourth-order valence-electron chi connectivity index (χ4n) is 2.39. The van der Waals surface area contributed by atoms with Crippen molar-refractivity contribution in [2.24, 2.45) is 0 Å². The second-order valence-corrected chi connectivity index (χ2v) is 5.66. The molecule has 0 atom stereocenters. The molecule has 0 saturated heterocycles. The lowest BCUT2D eigenvalue weighted by Gasteiger charge is -2.11. The third-order valence-corrected chi connectivity index (χ3v) is 3.78. The zero-order valence-electron chi connectivity index (χ0n) is 13.2. The van der Waals surface area contributed by atoms with Crippen LogP contribution in [0.2, 0.25) is 5.02 Å². The predicted octanol–water partition coefficient (Wildman–Crippen LogP) is 3.29. The highest BCUT2D eigenvalue weighted by atomic mass is 35.5. The van der Waals surface area contributed by atoms with Crippen LogP contribution < -0.4 is 15.5 Å². The van der Waals surface area contributed by atoms with Crippen molar-refractivity contribution >= 4 is 34.1 Å². The molecule has 1 amide bonds. The van der Waals surface area contributed by atoms with Crippen LogP contribution in [0, 0.1) is 0 Å². The molecule has 0 fully saturated rings. The van der Waals surface area contributed by atoms with Crippen LogP contribution in [-0.4, -0.2) is 22.3 Å². The zero-order valence-corrected chi connectivity index (χ0v) is 13.9. The normalized spacial score (nSPS) is 10.9. The first-order valence-corrected chi connectivity index (χ1v) is 7.81. The van der Waals surface area contributed by atoms with Gasteiger partial charge in [-0.05, 0) is 30.3 Å². The van der Waals surface area contributed by atoms with Crippen LogP contribution in [0.3, 0.4) is 0 Å². The number of rotatable bonds is 5. The Labute approximate surface area is 151 Å². The summed E-state index contributed by atoms with van der Waals surface area (Å²) >= 11 is 5.85. The van der Waals surface area contributed by atoms with Gasteiger partial charge in [0.2, 0.25) is 11.3 Å². The third kappa shape index (κ3) is 3.97. The molecule has 0 spiro atoms. The maximum Gasteiger partial charge on any atom is 0.387 e. The highest BCUT2D eigenvalue weighted by Crippen LogP contribution is 2.28. The maximum absolute atomic E-state index is 12.2. The number of hydrogen-bond donors (Lipinski definition) is 1. The van der Waals surface area contributed by atoms with E-state index in [0.717, 1.165) is 6.20 Å². The average molecular weight is 380 g/mol. The average Bonchev–Trinajstić information content (AvgIpc) is 2.60. The summed E-state index contributed by atoms with van der Waals surface area (Å²) < 4.78 is 30.1. The van der Waals surface area contributed by atoms with E-state index in [9.17, 15) is 18.4 Å². The van der Waals surface area contributed by atoms with E-state index >= 15 is 0 Å². The van der Waals surface area contributed by atoms with Gasteiger partial charge in [-0.15, -0.1) is 0 Å². The molecule has 0 bridgehead atoms. The van der Waals surface area contributed by atoms with Crippen LogP contribution in [-0.2, 0) is 11.3 Å². The highest BCUT2D eigenvalue weighted by Gasteiger charge is 2.12. The first-order chi connectivity index (χ1) is 12.4. The van der Waals surface area contributed by atoms with Crippen molar-refractivity contribution in [1.29, 1.82) is 0 Å². The lowest BCUT2D eigenvalue weighted by molar-refractivity contribution is -0.116. The number of hydrogen-bond acceptors (Lipinski definition) is 4. The Balaban J connectivity index is 1.77. The number of alkyl halides is 2. The fourth-order valence-corrected chi connectivity index (χ4v) is 2.62. The van der Waals surface area contributed by atoms with Crippen LogP contribution in [0.1, 0.15) is 0 Å². The second kappa shape index (κ2) is 7.49. The van der Waals surface area contributed by atoms with Gasteiger partial charge < -0.3 is 10.1 Å². The molecule has 1 aromatic heterocycles. The molecule has 26 heavy (non-hydrogen) atoms. The monoisotopic (exact) mass is 379 g/mol. The number of nitrogens with one attached hydrogen (secondary N) is 1. The van der Waals surface area contributed by atoms with Crippen molar-refractivity contribution in [1.82, 2.24) is 9.78 Å². The summed E-state index contributed by atoms with van der Waals surface area (Å²) in [4.78, 5) is 24.0. The van der Waals surface area contributed by atoms with Gasteiger partial charge in [0.25, 0.3) is 0 Å². The molecule has 1 heterocycles. The van der Waals surface area contributed by atoms with Crippen molar-refractivity contribution in [2.45, 2.75) is 13.2 Å². The number of aromatic nitrogens is 2. The van der Waals surface area contributed by atoms with E-state index in [-0.39, 0.29) is 22.7 Å². The third-order valence-electron chi connectivity index (χ3n) is 3.49. The number of halogens is 3. The van der Waals surface area contributed by atoms with Crippen LogP contribution in [0.5, 0.6) is 5.75 Å². The topological polar surface area (TPSA) is 73.2 Å². The number of fused-ring (bicyclic) bond motifs is 1. The fraction of sp³-hybridized carbons (Fsp3) is 0.118. The van der Waals surface area contributed by atoms with Crippen molar-refractivity contribution in [3.63, 3.8) is 0 Å². The standard InChI is InChI=1S/C17H12ClF2N3O3/c18-12-7-10(5-6-15(12)26-17(19)20)22-16(25)9-23-13-4-2-1-3-11(13)14(24)8-21-23/h1-8,17H,9H2,(H,22,25). The van der Waals surface area contributed by atoms with Crippen LogP contribution >= 0.6 is 11.6 Å². The summed E-state index contributed by atoms with van der Waals surface area (Å²) in [5, 5.41) is 6.94. The first kappa shape index (κ1) is 17.8. The number of carbonyl (C=O) groups is 1. The molecule has 0 aliphatic heterocycles. The predicted molar refractivity (Wildman–Crippen MR) is 92.7 cm³/mol. The van der Waals surface area contributed by atoms with Gasteiger partial charge in [0.15, 0.2) is 0 Å². The molecule has 9 heteroatoms. The van der Waals surface area contributed by atoms with Gasteiger partial charge in [0.1, 0.15) is 12.3 Å². The minimum absolute atomic E-state index is 0.0602. The van der Waals surface area contributed by atoms with Crippen molar-refractivity contribution in [3.05, 3.63) is 63.9 Å². The SMILES string of the molecule is O=C(Cn1ncc(=O)c2ccccc21)Nc1ccc(OC(F)F)c(Cl)c1. The molecular weight excluding hydrogens is 368 g/mol.